The van der Waals surface area contributed by atoms with Crippen molar-refractivity contribution >= 4 is 28.8 Å². The van der Waals surface area contributed by atoms with Crippen LogP contribution in [-0.4, -0.2) is 30.6 Å². The predicted molar refractivity (Wildman–Crippen MR) is 86.7 cm³/mol. The molecule has 1 heterocycles. The lowest BCUT2D eigenvalue weighted by molar-refractivity contribution is 0.0358. The van der Waals surface area contributed by atoms with Gasteiger partial charge in [0.2, 0.25) is 0 Å². The summed E-state index contributed by atoms with van der Waals surface area (Å²) in [5.74, 6) is 0. The van der Waals surface area contributed by atoms with Crippen molar-refractivity contribution in [2.24, 2.45) is 0 Å². The Balaban J connectivity index is 1.70. The first-order valence-corrected chi connectivity index (χ1v) is 8.55. The summed E-state index contributed by atoms with van der Waals surface area (Å²) in [4.78, 5) is 2.36. The Kier molecular flexibility index (Phi) is 6.39. The van der Waals surface area contributed by atoms with Gasteiger partial charge in [-0.15, -0.1) is 23.1 Å². The summed E-state index contributed by atoms with van der Waals surface area (Å²) in [6.07, 6.45) is 1.53. The monoisotopic (exact) mass is 309 g/mol. The lowest BCUT2D eigenvalue weighted by atomic mass is 10.3. The summed E-state index contributed by atoms with van der Waals surface area (Å²) in [7, 11) is 0. The maximum Gasteiger partial charge on any atom is 0.0945 e. The van der Waals surface area contributed by atoms with Crippen molar-refractivity contribution in [3.63, 3.8) is 0 Å². The minimum Gasteiger partial charge on any atom is -0.389 e. The minimum atomic E-state index is -0.509. The third-order valence-electron chi connectivity index (χ3n) is 2.77. The van der Waals surface area contributed by atoms with E-state index in [4.69, 9.17) is 4.74 Å². The molecule has 0 saturated carbocycles. The quantitative estimate of drug-likeness (QED) is 0.733. The number of hydrogen-bond donors (Lipinski definition) is 2. The van der Waals surface area contributed by atoms with Crippen LogP contribution in [0.2, 0.25) is 0 Å². The summed E-state index contributed by atoms with van der Waals surface area (Å²) in [5.41, 5.74) is 1.05. The van der Waals surface area contributed by atoms with E-state index >= 15 is 0 Å². The van der Waals surface area contributed by atoms with Crippen molar-refractivity contribution in [3.05, 3.63) is 46.7 Å². The Hall–Kier alpha value is -1.01. The van der Waals surface area contributed by atoms with Gasteiger partial charge in [0.05, 0.1) is 19.3 Å². The zero-order valence-corrected chi connectivity index (χ0v) is 13.0. The number of aliphatic hydroxyl groups is 1. The molecule has 0 radical (unpaired) electrons. The van der Waals surface area contributed by atoms with Gasteiger partial charge >= 0.3 is 0 Å². The summed E-state index contributed by atoms with van der Waals surface area (Å²) in [6, 6.07) is 12.1. The molecule has 108 valence electrons. The third-order valence-corrected chi connectivity index (χ3v) is 4.42. The van der Waals surface area contributed by atoms with Crippen LogP contribution >= 0.6 is 23.1 Å². The molecule has 0 spiro atoms. The molecule has 1 aromatic heterocycles. The van der Waals surface area contributed by atoms with E-state index in [0.717, 1.165) is 5.69 Å². The van der Waals surface area contributed by atoms with Crippen LogP contribution in [0.3, 0.4) is 0 Å². The van der Waals surface area contributed by atoms with E-state index in [9.17, 15) is 5.11 Å². The van der Waals surface area contributed by atoms with E-state index in [2.05, 4.69) is 11.4 Å². The molecule has 1 aromatic carbocycles. The van der Waals surface area contributed by atoms with Crippen molar-refractivity contribution < 1.29 is 9.84 Å². The number of anilines is 1. The van der Waals surface area contributed by atoms with E-state index in [0.29, 0.717) is 19.8 Å². The van der Waals surface area contributed by atoms with Gasteiger partial charge in [0.1, 0.15) is 0 Å². The molecular weight excluding hydrogens is 290 g/mol. The fraction of sp³-hybridized carbons (Fsp3) is 0.333. The molecule has 2 aromatic rings. The fourth-order valence-corrected chi connectivity index (χ4v) is 2.98. The number of ether oxygens (including phenoxy) is 1. The maximum atomic E-state index is 9.91. The number of nitrogens with one attached hydrogen (secondary N) is 1. The second kappa shape index (κ2) is 8.32. The van der Waals surface area contributed by atoms with Gasteiger partial charge in [-0.3, -0.25) is 0 Å². The summed E-state index contributed by atoms with van der Waals surface area (Å²) < 4.78 is 5.50. The first-order chi connectivity index (χ1) is 9.79. The van der Waals surface area contributed by atoms with E-state index in [1.165, 1.54) is 9.77 Å². The van der Waals surface area contributed by atoms with Crippen LogP contribution in [0.25, 0.3) is 0 Å². The van der Waals surface area contributed by atoms with Gasteiger partial charge in [-0.2, -0.15) is 0 Å². The van der Waals surface area contributed by atoms with Crippen molar-refractivity contribution in [2.45, 2.75) is 17.6 Å². The number of aliphatic hydroxyl groups excluding tert-OH is 1. The topological polar surface area (TPSA) is 41.5 Å². The van der Waals surface area contributed by atoms with Gasteiger partial charge in [-0.1, -0.05) is 18.2 Å². The third kappa shape index (κ3) is 4.83. The molecule has 1 atom stereocenters. The molecule has 2 N–H and O–H groups in total. The highest BCUT2D eigenvalue weighted by Gasteiger charge is 2.06. The standard InChI is InChI=1S/C15H19NO2S2/c1-19-15-7-3-2-6-14(15)16-9-12(17)10-18-11-13-5-4-8-20-13/h2-8,12,16-17H,9-11H2,1H3. The average molecular weight is 309 g/mol. The van der Waals surface area contributed by atoms with Gasteiger partial charge in [0, 0.05) is 22.0 Å². The molecule has 0 bridgehead atoms. The largest absolute Gasteiger partial charge is 0.389 e. The van der Waals surface area contributed by atoms with Crippen LogP contribution in [0.4, 0.5) is 5.69 Å². The normalized spacial score (nSPS) is 12.3. The molecular formula is C15H19NO2S2. The number of hydrogen-bond acceptors (Lipinski definition) is 5. The van der Waals surface area contributed by atoms with Crippen LogP contribution in [0.1, 0.15) is 4.88 Å². The molecule has 0 saturated heterocycles. The van der Waals surface area contributed by atoms with E-state index in [1.54, 1.807) is 23.1 Å². The Labute approximate surface area is 128 Å². The molecule has 2 rings (SSSR count). The average Bonchev–Trinajstić information content (AvgIpc) is 2.98. The molecule has 0 aliphatic carbocycles. The fourth-order valence-electron chi connectivity index (χ4n) is 1.77. The smallest absolute Gasteiger partial charge is 0.0945 e. The van der Waals surface area contributed by atoms with E-state index in [1.807, 2.05) is 42.0 Å². The first-order valence-electron chi connectivity index (χ1n) is 6.44. The minimum absolute atomic E-state index is 0.340. The summed E-state index contributed by atoms with van der Waals surface area (Å²) >= 11 is 3.35. The zero-order valence-electron chi connectivity index (χ0n) is 11.4. The Morgan fingerprint density at radius 1 is 1.30 bits per heavy atom. The van der Waals surface area contributed by atoms with Gasteiger partial charge in [0.25, 0.3) is 0 Å². The van der Waals surface area contributed by atoms with Gasteiger partial charge in [-0.25, -0.2) is 0 Å². The van der Waals surface area contributed by atoms with Gasteiger partial charge < -0.3 is 15.2 Å². The highest BCUT2D eigenvalue weighted by Crippen LogP contribution is 2.24. The lowest BCUT2D eigenvalue weighted by Crippen LogP contribution is -2.24. The molecule has 3 nitrogen and oxygen atoms in total. The second-order valence-corrected chi connectivity index (χ2v) is 6.21. The van der Waals surface area contributed by atoms with Crippen molar-refractivity contribution in [2.75, 3.05) is 24.7 Å². The predicted octanol–water partition coefficient (Wildman–Crippen LogP) is 3.46. The van der Waals surface area contributed by atoms with E-state index in [-0.39, 0.29) is 0 Å². The first kappa shape index (κ1) is 15.4. The number of benzene rings is 1. The Morgan fingerprint density at radius 2 is 2.15 bits per heavy atom. The number of thiophene rings is 1. The molecule has 0 fully saturated rings. The summed E-state index contributed by atoms with van der Waals surface area (Å²) in [6.45, 7) is 1.39. The molecule has 1 unspecified atom stereocenters. The zero-order chi connectivity index (χ0) is 14.2. The molecule has 0 amide bonds. The molecule has 0 aliphatic heterocycles. The van der Waals surface area contributed by atoms with Crippen LogP contribution in [-0.2, 0) is 11.3 Å². The lowest BCUT2D eigenvalue weighted by Gasteiger charge is -2.14. The highest BCUT2D eigenvalue weighted by molar-refractivity contribution is 7.98. The number of rotatable bonds is 8. The molecule has 5 heteroatoms. The SMILES string of the molecule is CSc1ccccc1NCC(O)COCc1cccs1. The van der Waals surface area contributed by atoms with Crippen LogP contribution in [0.5, 0.6) is 0 Å². The number of thioether (sulfide) groups is 1. The summed E-state index contributed by atoms with van der Waals surface area (Å²) in [5, 5.41) is 15.2. The Bertz CT molecular complexity index is 502. The maximum absolute atomic E-state index is 9.91. The van der Waals surface area contributed by atoms with Crippen LogP contribution < -0.4 is 5.32 Å². The van der Waals surface area contributed by atoms with Crippen molar-refractivity contribution in [1.82, 2.24) is 0 Å². The van der Waals surface area contributed by atoms with Gasteiger partial charge in [0.15, 0.2) is 0 Å². The molecule has 0 aliphatic rings. The van der Waals surface area contributed by atoms with Crippen molar-refractivity contribution in [1.29, 1.82) is 0 Å². The van der Waals surface area contributed by atoms with Crippen LogP contribution in [0, 0.1) is 0 Å². The number of para-hydroxylation sites is 1. The highest BCUT2D eigenvalue weighted by atomic mass is 32.2. The molecule has 20 heavy (non-hydrogen) atoms. The second-order valence-electron chi connectivity index (χ2n) is 4.33. The van der Waals surface area contributed by atoms with E-state index < -0.39 is 6.10 Å². The Morgan fingerprint density at radius 3 is 2.90 bits per heavy atom. The van der Waals surface area contributed by atoms with Gasteiger partial charge in [-0.05, 0) is 29.8 Å². The van der Waals surface area contributed by atoms with Crippen LogP contribution in [0.15, 0.2) is 46.7 Å². The van der Waals surface area contributed by atoms with Crippen molar-refractivity contribution in [3.8, 4) is 0 Å².